The number of hydrogen-bond donors (Lipinski definition) is 3. The van der Waals surface area contributed by atoms with Gasteiger partial charge in [-0.2, -0.15) is 0 Å². The van der Waals surface area contributed by atoms with E-state index >= 15 is 0 Å². The number of hydrogen-bond acceptors (Lipinski definition) is 8. The van der Waals surface area contributed by atoms with Crippen molar-refractivity contribution in [3.8, 4) is 11.5 Å². The van der Waals surface area contributed by atoms with Crippen LogP contribution >= 0.6 is 0 Å². The Morgan fingerprint density at radius 2 is 1.95 bits per heavy atom. The second-order valence-electron chi connectivity index (χ2n) is 13.2. The zero-order valence-electron chi connectivity index (χ0n) is 25.0. The molecule has 2 aromatic rings. The molecule has 4 N–H and O–H groups in total. The van der Waals surface area contributed by atoms with E-state index in [2.05, 4.69) is 24.4 Å². The lowest BCUT2D eigenvalue weighted by Crippen LogP contribution is -2.55. The van der Waals surface area contributed by atoms with Crippen molar-refractivity contribution in [2.45, 2.75) is 75.1 Å². The minimum atomic E-state index is -1.32. The van der Waals surface area contributed by atoms with Crippen LogP contribution < -0.4 is 20.5 Å². The summed E-state index contributed by atoms with van der Waals surface area (Å²) in [7, 11) is 1.62. The van der Waals surface area contributed by atoms with Gasteiger partial charge in [0.1, 0.15) is 23.7 Å². The molecule has 2 amide bonds. The molecular formula is C33H40N4O6. The summed E-state index contributed by atoms with van der Waals surface area (Å²) in [5, 5.41) is 14.5. The first-order valence-corrected chi connectivity index (χ1v) is 15.4. The van der Waals surface area contributed by atoms with Gasteiger partial charge < -0.3 is 30.4 Å². The van der Waals surface area contributed by atoms with E-state index in [1.54, 1.807) is 37.1 Å². The zero-order chi connectivity index (χ0) is 30.1. The fraction of sp³-hybridized carbons (Fsp3) is 0.545. The predicted molar refractivity (Wildman–Crippen MR) is 159 cm³/mol. The lowest BCUT2D eigenvalue weighted by atomic mass is 9.82. The van der Waals surface area contributed by atoms with Crippen LogP contribution in [0.5, 0.6) is 11.5 Å². The highest BCUT2D eigenvalue weighted by molar-refractivity contribution is 6.00. The Bertz CT molecular complexity index is 1510. The van der Waals surface area contributed by atoms with Crippen LogP contribution in [-0.2, 0) is 9.53 Å². The van der Waals surface area contributed by atoms with Gasteiger partial charge >= 0.3 is 0 Å². The second-order valence-corrected chi connectivity index (χ2v) is 13.2. The molecule has 228 valence electrons. The van der Waals surface area contributed by atoms with Gasteiger partial charge in [0.25, 0.3) is 5.91 Å². The molecule has 0 saturated heterocycles. The van der Waals surface area contributed by atoms with Crippen LogP contribution in [0.15, 0.2) is 41.4 Å². The number of carbonyl (C=O) groups is 2. The molecule has 0 spiro atoms. The number of nitrogens with two attached hydrogens (primary N) is 1. The lowest BCUT2D eigenvalue weighted by molar-refractivity contribution is -0.133. The summed E-state index contributed by atoms with van der Waals surface area (Å²) in [6.07, 6.45) is 3.75. The number of nitrogens with one attached hydrogen (secondary N) is 1. The molecule has 1 aliphatic carbocycles. The topological polar surface area (TPSA) is 136 Å². The number of ether oxygens (including phenoxy) is 3. The molecule has 0 radical (unpaired) electrons. The van der Waals surface area contributed by atoms with Crippen LogP contribution in [0.25, 0.3) is 0 Å². The minimum Gasteiger partial charge on any atom is -0.493 e. The molecule has 0 aromatic heterocycles. The average molecular weight is 589 g/mol. The van der Waals surface area contributed by atoms with Gasteiger partial charge in [0.2, 0.25) is 5.91 Å². The van der Waals surface area contributed by atoms with Crippen LogP contribution in [0.3, 0.4) is 0 Å². The summed E-state index contributed by atoms with van der Waals surface area (Å²) in [5.41, 5.74) is 7.84. The van der Waals surface area contributed by atoms with Crippen molar-refractivity contribution < 1.29 is 28.9 Å². The Hall–Kier alpha value is -3.63. The molecule has 43 heavy (non-hydrogen) atoms. The van der Waals surface area contributed by atoms with E-state index in [4.69, 9.17) is 24.9 Å². The molecule has 5 aliphatic heterocycles. The molecule has 10 heteroatoms. The standard InChI is InChI=1S/C33H40N4O6/c1-4-33-10-9-19-11-22(19)18-5-7-26-24(12-18)29(32(2,40)17-43-26)35-30(39)20-6-8-25-23(13-20)28(21(15-41-3)16-42-25)37(27(38)14-33)31(34)36-33/h5-8,12-13,19,21-22,28-29,40H,4,9-11,14-17H2,1-3H3,(H2,34,36)(H,35,39)/t19?,21-,22?,28-,29-,32-,33-/m1/s1. The monoisotopic (exact) mass is 588 g/mol. The first kappa shape index (κ1) is 28.2. The number of methoxy groups -OCH3 is 1. The summed E-state index contributed by atoms with van der Waals surface area (Å²) < 4.78 is 17.6. The molecule has 2 aromatic carbocycles. The number of nitrogens with zero attached hydrogens (tertiary/aromatic N) is 2. The summed E-state index contributed by atoms with van der Waals surface area (Å²) in [6, 6.07) is 10.2. The Labute approximate surface area is 251 Å². The number of rotatable bonds is 3. The minimum absolute atomic E-state index is 0.0595. The summed E-state index contributed by atoms with van der Waals surface area (Å²) >= 11 is 0. The second kappa shape index (κ2) is 10.2. The van der Waals surface area contributed by atoms with Gasteiger partial charge in [-0.05, 0) is 80.3 Å². The van der Waals surface area contributed by atoms with Crippen molar-refractivity contribution >= 4 is 17.8 Å². The average Bonchev–Trinajstić information content (AvgIpc) is 3.77. The highest BCUT2D eigenvalue weighted by Crippen LogP contribution is 2.53. The third-order valence-corrected chi connectivity index (χ3v) is 10.2. The van der Waals surface area contributed by atoms with Gasteiger partial charge in [-0.3, -0.25) is 14.5 Å². The maximum atomic E-state index is 14.0. The number of benzene rings is 2. The van der Waals surface area contributed by atoms with Gasteiger partial charge in [-0.1, -0.05) is 13.0 Å². The molecule has 1 saturated carbocycles. The molecule has 10 nitrogen and oxygen atoms in total. The van der Waals surface area contributed by atoms with Gasteiger partial charge in [-0.25, -0.2) is 4.99 Å². The molecule has 7 atom stereocenters. The number of aliphatic imine (C=N–C) groups is 1. The highest BCUT2D eigenvalue weighted by Gasteiger charge is 2.48. The molecule has 6 aliphatic rings. The van der Waals surface area contributed by atoms with Crippen LogP contribution in [0.2, 0.25) is 0 Å². The molecular weight excluding hydrogens is 548 g/mol. The van der Waals surface area contributed by atoms with Crippen molar-refractivity contribution in [1.82, 2.24) is 10.2 Å². The van der Waals surface area contributed by atoms with E-state index in [0.717, 1.165) is 24.8 Å². The molecule has 6 bridgehead atoms. The van der Waals surface area contributed by atoms with Crippen molar-refractivity contribution in [1.29, 1.82) is 0 Å². The SMILES string of the molecule is CC[C@@]12CCC3CC3c3ccc4c(c3)[C@@H](NC(=O)c3ccc5c(c3)[C@@H]([C@H](COC)CO5)N(C(=O)C1)C(N)=N2)[C@](C)(O)CO4. The van der Waals surface area contributed by atoms with Crippen LogP contribution in [-0.4, -0.2) is 65.9 Å². The molecule has 2 unspecified atom stereocenters. The van der Waals surface area contributed by atoms with Crippen molar-refractivity contribution in [2.75, 3.05) is 26.9 Å². The van der Waals surface area contributed by atoms with Gasteiger partial charge in [0, 0.05) is 29.7 Å². The van der Waals surface area contributed by atoms with Crippen LogP contribution in [0.1, 0.15) is 91.0 Å². The smallest absolute Gasteiger partial charge is 0.251 e. The Balaban J connectivity index is 1.36. The maximum absolute atomic E-state index is 14.0. The number of amides is 2. The zero-order valence-corrected chi connectivity index (χ0v) is 25.0. The summed E-state index contributed by atoms with van der Waals surface area (Å²) in [6.45, 7) is 4.50. The van der Waals surface area contributed by atoms with E-state index in [-0.39, 0.29) is 36.7 Å². The molecule has 5 heterocycles. The number of fused-ring (bicyclic) bond motifs is 3. The Morgan fingerprint density at radius 3 is 2.72 bits per heavy atom. The Kier molecular flexibility index (Phi) is 6.70. The third-order valence-electron chi connectivity index (χ3n) is 10.2. The van der Waals surface area contributed by atoms with Crippen molar-refractivity contribution in [2.24, 2.45) is 22.6 Å². The normalized spacial score (nSPS) is 34.6. The number of carbonyl (C=O) groups excluding carboxylic acids is 2. The number of guanidine groups is 1. The van der Waals surface area contributed by atoms with E-state index in [0.29, 0.717) is 54.1 Å². The quantitative estimate of drug-likeness (QED) is 0.499. The van der Waals surface area contributed by atoms with Crippen molar-refractivity contribution in [3.05, 3.63) is 58.7 Å². The Morgan fingerprint density at radius 1 is 1.16 bits per heavy atom. The van der Waals surface area contributed by atoms with E-state index in [9.17, 15) is 14.7 Å². The van der Waals surface area contributed by atoms with Gasteiger partial charge in [0.15, 0.2) is 5.96 Å². The summed E-state index contributed by atoms with van der Waals surface area (Å²) in [4.78, 5) is 34.5. The van der Waals surface area contributed by atoms with Gasteiger partial charge in [-0.15, -0.1) is 0 Å². The first-order valence-electron chi connectivity index (χ1n) is 15.4. The fourth-order valence-electron chi connectivity index (χ4n) is 7.62. The van der Waals surface area contributed by atoms with Gasteiger partial charge in [0.05, 0.1) is 37.3 Å². The summed E-state index contributed by atoms with van der Waals surface area (Å²) in [5.74, 6) is 1.66. The highest BCUT2D eigenvalue weighted by atomic mass is 16.5. The molecule has 1 fully saturated rings. The lowest BCUT2D eigenvalue weighted by Gasteiger charge is -2.44. The fourth-order valence-corrected chi connectivity index (χ4v) is 7.62. The number of aliphatic hydroxyl groups is 1. The van der Waals surface area contributed by atoms with E-state index in [1.165, 1.54) is 5.56 Å². The van der Waals surface area contributed by atoms with E-state index in [1.807, 2.05) is 6.07 Å². The molecule has 8 rings (SSSR count). The first-order chi connectivity index (χ1) is 20.6. The van der Waals surface area contributed by atoms with Crippen molar-refractivity contribution in [3.63, 3.8) is 0 Å². The van der Waals surface area contributed by atoms with Crippen LogP contribution in [0, 0.1) is 11.8 Å². The van der Waals surface area contributed by atoms with E-state index < -0.39 is 23.2 Å². The largest absolute Gasteiger partial charge is 0.493 e. The predicted octanol–water partition coefficient (Wildman–Crippen LogP) is 3.59. The van der Waals surface area contributed by atoms with Crippen LogP contribution in [0.4, 0.5) is 0 Å². The maximum Gasteiger partial charge on any atom is 0.251 e. The third kappa shape index (κ3) is 4.75.